The van der Waals surface area contributed by atoms with Gasteiger partial charge in [0.1, 0.15) is 11.6 Å². The predicted molar refractivity (Wildman–Crippen MR) is 77.7 cm³/mol. The monoisotopic (exact) mass is 269 g/mol. The number of hydrogen-bond acceptors (Lipinski definition) is 5. The van der Waals surface area contributed by atoms with Crippen molar-refractivity contribution in [3.8, 4) is 0 Å². The lowest BCUT2D eigenvalue weighted by Gasteiger charge is -2.29. The van der Waals surface area contributed by atoms with Crippen LogP contribution in [0.25, 0.3) is 0 Å². The molecule has 2 atom stereocenters. The maximum Gasteiger partial charge on any atom is 0.145 e. The molecule has 0 aliphatic carbocycles. The van der Waals surface area contributed by atoms with Crippen molar-refractivity contribution >= 4 is 29.3 Å². The lowest BCUT2D eigenvalue weighted by Crippen LogP contribution is -2.21. The van der Waals surface area contributed by atoms with Crippen molar-refractivity contribution in [3.05, 3.63) is 17.1 Å². The molecule has 2 heterocycles. The SMILES string of the molecule is CCC1SCCSC1c1nc(C)c(C)c(N)n1. The van der Waals surface area contributed by atoms with Gasteiger partial charge in [0.05, 0.1) is 5.25 Å². The Labute approximate surface area is 111 Å². The largest absolute Gasteiger partial charge is 0.383 e. The molecule has 0 amide bonds. The standard InChI is InChI=1S/C12H19N3S2/c1-4-9-10(17-6-5-16-9)12-14-8(3)7(2)11(13)15-12/h9-10H,4-6H2,1-3H3,(H2,13,14,15). The number of aromatic nitrogens is 2. The highest BCUT2D eigenvalue weighted by atomic mass is 32.2. The molecule has 1 fully saturated rings. The first-order valence-corrected chi connectivity index (χ1v) is 8.07. The summed E-state index contributed by atoms with van der Waals surface area (Å²) in [5.41, 5.74) is 7.97. The first kappa shape index (κ1) is 13.0. The molecular formula is C12H19N3S2. The third-order valence-electron chi connectivity index (χ3n) is 3.15. The van der Waals surface area contributed by atoms with Crippen LogP contribution in [-0.4, -0.2) is 26.7 Å². The Morgan fingerprint density at radius 3 is 2.59 bits per heavy atom. The molecule has 94 valence electrons. The molecule has 17 heavy (non-hydrogen) atoms. The van der Waals surface area contributed by atoms with E-state index in [1.54, 1.807) is 0 Å². The van der Waals surface area contributed by atoms with Crippen molar-refractivity contribution in [2.45, 2.75) is 37.7 Å². The first-order valence-electron chi connectivity index (χ1n) is 5.97. The van der Waals surface area contributed by atoms with Gasteiger partial charge in [0, 0.05) is 28.0 Å². The second-order valence-electron chi connectivity index (χ2n) is 4.29. The van der Waals surface area contributed by atoms with E-state index in [4.69, 9.17) is 5.73 Å². The summed E-state index contributed by atoms with van der Waals surface area (Å²) < 4.78 is 0. The Kier molecular flexibility index (Phi) is 4.20. The van der Waals surface area contributed by atoms with Gasteiger partial charge in [-0.15, -0.1) is 11.8 Å². The number of aryl methyl sites for hydroxylation is 1. The molecule has 0 saturated carbocycles. The Morgan fingerprint density at radius 1 is 1.24 bits per heavy atom. The van der Waals surface area contributed by atoms with E-state index in [0.717, 1.165) is 17.1 Å². The molecule has 5 heteroatoms. The molecular weight excluding hydrogens is 250 g/mol. The Morgan fingerprint density at radius 2 is 1.94 bits per heavy atom. The molecule has 2 rings (SSSR count). The lowest BCUT2D eigenvalue weighted by molar-refractivity contribution is 0.745. The van der Waals surface area contributed by atoms with E-state index in [-0.39, 0.29) is 0 Å². The van der Waals surface area contributed by atoms with Gasteiger partial charge in [0.15, 0.2) is 0 Å². The van der Waals surface area contributed by atoms with Gasteiger partial charge in [0.2, 0.25) is 0 Å². The number of rotatable bonds is 2. The molecule has 1 aliphatic heterocycles. The molecule has 0 bridgehead atoms. The minimum atomic E-state index is 0.403. The minimum absolute atomic E-state index is 0.403. The summed E-state index contributed by atoms with van der Waals surface area (Å²) in [7, 11) is 0. The highest BCUT2D eigenvalue weighted by Crippen LogP contribution is 2.43. The Bertz CT molecular complexity index is 386. The van der Waals surface area contributed by atoms with E-state index in [9.17, 15) is 0 Å². The second-order valence-corrected chi connectivity index (χ2v) is 6.88. The number of nitrogens with two attached hydrogens (primary N) is 1. The molecule has 1 aliphatic rings. The van der Waals surface area contributed by atoms with Gasteiger partial charge in [0.25, 0.3) is 0 Å². The lowest BCUT2D eigenvalue weighted by atomic mass is 10.2. The van der Waals surface area contributed by atoms with Gasteiger partial charge in [-0.25, -0.2) is 9.97 Å². The number of nitrogen functional groups attached to an aromatic ring is 1. The number of thioether (sulfide) groups is 2. The molecule has 2 unspecified atom stereocenters. The van der Waals surface area contributed by atoms with Gasteiger partial charge in [-0.1, -0.05) is 6.92 Å². The van der Waals surface area contributed by atoms with Crippen molar-refractivity contribution < 1.29 is 0 Å². The zero-order valence-electron chi connectivity index (χ0n) is 10.6. The van der Waals surface area contributed by atoms with E-state index in [1.807, 2.05) is 37.4 Å². The van der Waals surface area contributed by atoms with E-state index < -0.39 is 0 Å². The summed E-state index contributed by atoms with van der Waals surface area (Å²) in [6, 6.07) is 0. The van der Waals surface area contributed by atoms with Crippen LogP contribution in [0.1, 0.15) is 35.7 Å². The normalized spacial score (nSPS) is 24.9. The smallest absolute Gasteiger partial charge is 0.145 e. The Hall–Kier alpha value is -0.420. The molecule has 0 spiro atoms. The summed E-state index contributed by atoms with van der Waals surface area (Å²) in [5.74, 6) is 3.98. The molecule has 1 aromatic heterocycles. The average Bonchev–Trinajstić information content (AvgIpc) is 2.35. The average molecular weight is 269 g/mol. The van der Waals surface area contributed by atoms with Crippen LogP contribution in [0, 0.1) is 13.8 Å². The van der Waals surface area contributed by atoms with Crippen LogP contribution in [-0.2, 0) is 0 Å². The van der Waals surface area contributed by atoms with Gasteiger partial charge in [-0.05, 0) is 20.3 Å². The number of anilines is 1. The van der Waals surface area contributed by atoms with Crippen LogP contribution in [0.4, 0.5) is 5.82 Å². The highest BCUT2D eigenvalue weighted by molar-refractivity contribution is 8.06. The summed E-state index contributed by atoms with van der Waals surface area (Å²) >= 11 is 4.01. The van der Waals surface area contributed by atoms with E-state index >= 15 is 0 Å². The zero-order chi connectivity index (χ0) is 12.4. The van der Waals surface area contributed by atoms with Crippen molar-refractivity contribution in [1.82, 2.24) is 9.97 Å². The summed E-state index contributed by atoms with van der Waals surface area (Å²) in [4.78, 5) is 9.12. The fourth-order valence-electron chi connectivity index (χ4n) is 1.94. The van der Waals surface area contributed by atoms with Gasteiger partial charge >= 0.3 is 0 Å². The van der Waals surface area contributed by atoms with Crippen molar-refractivity contribution in [1.29, 1.82) is 0 Å². The summed E-state index contributed by atoms with van der Waals surface area (Å²) in [5, 5.41) is 1.02. The number of nitrogens with zero attached hydrogens (tertiary/aromatic N) is 2. The zero-order valence-corrected chi connectivity index (χ0v) is 12.2. The summed E-state index contributed by atoms with van der Waals surface area (Å²) in [6.07, 6.45) is 1.17. The van der Waals surface area contributed by atoms with E-state index in [1.165, 1.54) is 17.9 Å². The molecule has 1 saturated heterocycles. The topological polar surface area (TPSA) is 51.8 Å². The minimum Gasteiger partial charge on any atom is -0.383 e. The molecule has 0 radical (unpaired) electrons. The Balaban J connectivity index is 2.32. The van der Waals surface area contributed by atoms with Crippen molar-refractivity contribution in [3.63, 3.8) is 0 Å². The second kappa shape index (κ2) is 5.48. The van der Waals surface area contributed by atoms with Gasteiger partial charge in [-0.3, -0.25) is 0 Å². The van der Waals surface area contributed by atoms with Crippen LogP contribution in [0.3, 0.4) is 0 Å². The third kappa shape index (κ3) is 2.71. The first-order chi connectivity index (χ1) is 8.13. The summed E-state index contributed by atoms with van der Waals surface area (Å²) in [6.45, 7) is 6.23. The van der Waals surface area contributed by atoms with Crippen LogP contribution in [0.2, 0.25) is 0 Å². The van der Waals surface area contributed by atoms with Gasteiger partial charge in [-0.2, -0.15) is 11.8 Å². The van der Waals surface area contributed by atoms with E-state index in [2.05, 4.69) is 16.9 Å². The predicted octanol–water partition coefficient (Wildman–Crippen LogP) is 2.98. The highest BCUT2D eigenvalue weighted by Gasteiger charge is 2.29. The van der Waals surface area contributed by atoms with Gasteiger partial charge < -0.3 is 5.73 Å². The fraction of sp³-hybridized carbons (Fsp3) is 0.667. The maximum absolute atomic E-state index is 5.95. The van der Waals surface area contributed by atoms with Crippen LogP contribution < -0.4 is 5.73 Å². The number of hydrogen-bond donors (Lipinski definition) is 1. The van der Waals surface area contributed by atoms with Crippen LogP contribution >= 0.6 is 23.5 Å². The maximum atomic E-state index is 5.95. The fourth-order valence-corrected chi connectivity index (χ4v) is 4.93. The molecule has 2 N–H and O–H groups in total. The quantitative estimate of drug-likeness (QED) is 0.894. The molecule has 3 nitrogen and oxygen atoms in total. The van der Waals surface area contributed by atoms with Crippen LogP contribution in [0.15, 0.2) is 0 Å². The molecule has 1 aromatic rings. The van der Waals surface area contributed by atoms with Crippen molar-refractivity contribution in [2.24, 2.45) is 0 Å². The van der Waals surface area contributed by atoms with Crippen LogP contribution in [0.5, 0.6) is 0 Å². The van der Waals surface area contributed by atoms with Crippen molar-refractivity contribution in [2.75, 3.05) is 17.2 Å². The molecule has 0 aromatic carbocycles. The van der Waals surface area contributed by atoms with E-state index in [0.29, 0.717) is 16.3 Å². The third-order valence-corrected chi connectivity index (χ3v) is 6.39.